The van der Waals surface area contributed by atoms with Crippen molar-refractivity contribution >= 4 is 33.6 Å². The van der Waals surface area contributed by atoms with Gasteiger partial charge >= 0.3 is 12.1 Å². The first kappa shape index (κ1) is 23.5. The molecule has 1 aromatic carbocycles. The lowest BCUT2D eigenvalue weighted by molar-refractivity contribution is -0.126. The van der Waals surface area contributed by atoms with E-state index in [1.54, 1.807) is 9.80 Å². The minimum atomic E-state index is -3.39. The number of urea groups is 1. The van der Waals surface area contributed by atoms with Crippen molar-refractivity contribution in [1.82, 2.24) is 9.80 Å². The number of piperidine rings is 1. The largest absolute Gasteiger partial charge is 0.433 e. The molecular weight excluding hydrogens is 454 g/mol. The molecule has 1 atom stereocenters. The Kier molecular flexibility index (Phi) is 6.86. The molecule has 0 saturated carbocycles. The SMILES string of the molecule is CS(=O)(=O)c1ccc(N2C(=O)OC(COC3CCN(C(=O)N4CCOCC4)CC3)C2=O)cc1. The monoisotopic (exact) mass is 481 g/mol. The van der Waals surface area contributed by atoms with Crippen molar-refractivity contribution in [2.75, 3.05) is 57.2 Å². The fraction of sp³-hybridized carbons (Fsp3) is 0.571. The van der Waals surface area contributed by atoms with Gasteiger partial charge in [-0.3, -0.25) is 4.79 Å². The molecule has 0 N–H and O–H groups in total. The van der Waals surface area contributed by atoms with Crippen molar-refractivity contribution in [3.63, 3.8) is 0 Å². The zero-order valence-corrected chi connectivity index (χ0v) is 19.2. The lowest BCUT2D eigenvalue weighted by Crippen LogP contribution is -2.51. The number of cyclic esters (lactones) is 1. The summed E-state index contributed by atoms with van der Waals surface area (Å²) in [6.45, 7) is 3.33. The van der Waals surface area contributed by atoms with Crippen LogP contribution >= 0.6 is 0 Å². The number of anilines is 1. The summed E-state index contributed by atoms with van der Waals surface area (Å²) in [6, 6.07) is 5.45. The molecule has 12 heteroatoms. The Bertz CT molecular complexity index is 999. The Labute approximate surface area is 192 Å². The van der Waals surface area contributed by atoms with Crippen LogP contribution in [0.3, 0.4) is 0 Å². The molecule has 11 nitrogen and oxygen atoms in total. The predicted octanol–water partition coefficient (Wildman–Crippen LogP) is 0.875. The first-order chi connectivity index (χ1) is 15.7. The van der Waals surface area contributed by atoms with Gasteiger partial charge in [-0.2, -0.15) is 0 Å². The third-order valence-electron chi connectivity index (χ3n) is 5.92. The standard InChI is InChI=1S/C21H27N3O8S/c1-33(28,29)17-4-2-15(3-5-17)24-19(25)18(32-21(24)27)14-31-16-6-8-22(9-7-16)20(26)23-10-12-30-13-11-23/h2-5,16,18H,6-14H2,1H3. The highest BCUT2D eigenvalue weighted by Crippen LogP contribution is 2.25. The summed E-state index contributed by atoms with van der Waals surface area (Å²) in [5.74, 6) is -0.563. The minimum absolute atomic E-state index is 0.00850. The predicted molar refractivity (Wildman–Crippen MR) is 116 cm³/mol. The molecule has 0 bridgehead atoms. The molecule has 1 aromatic rings. The van der Waals surface area contributed by atoms with Gasteiger partial charge in [0.2, 0.25) is 6.10 Å². The van der Waals surface area contributed by atoms with E-state index >= 15 is 0 Å². The first-order valence-corrected chi connectivity index (χ1v) is 12.7. The summed E-state index contributed by atoms with van der Waals surface area (Å²) in [6.07, 6.45) is 0.289. The number of hydrogen-bond donors (Lipinski definition) is 0. The summed E-state index contributed by atoms with van der Waals surface area (Å²) in [7, 11) is -3.39. The minimum Gasteiger partial charge on any atom is -0.433 e. The summed E-state index contributed by atoms with van der Waals surface area (Å²) < 4.78 is 39.5. The quantitative estimate of drug-likeness (QED) is 0.607. The number of likely N-dealkylation sites (tertiary alicyclic amines) is 1. The van der Waals surface area contributed by atoms with E-state index < -0.39 is 27.9 Å². The summed E-state index contributed by atoms with van der Waals surface area (Å²) in [5, 5.41) is 0. The number of hydrogen-bond acceptors (Lipinski definition) is 8. The van der Waals surface area contributed by atoms with Gasteiger partial charge in [-0.1, -0.05) is 0 Å². The number of rotatable bonds is 5. The molecule has 0 spiro atoms. The smallest absolute Gasteiger partial charge is 0.422 e. The number of imide groups is 1. The van der Waals surface area contributed by atoms with Gasteiger partial charge in [0.1, 0.15) is 0 Å². The van der Waals surface area contributed by atoms with E-state index in [0.29, 0.717) is 52.2 Å². The van der Waals surface area contributed by atoms with Crippen LogP contribution in [0.1, 0.15) is 12.8 Å². The highest BCUT2D eigenvalue weighted by Gasteiger charge is 2.42. The molecule has 3 aliphatic heterocycles. The summed E-state index contributed by atoms with van der Waals surface area (Å²) in [4.78, 5) is 42.1. The molecule has 0 aromatic heterocycles. The van der Waals surface area contributed by atoms with Gasteiger partial charge in [0.25, 0.3) is 5.91 Å². The van der Waals surface area contributed by atoms with Crippen LogP contribution in [0.15, 0.2) is 29.2 Å². The zero-order chi connectivity index (χ0) is 23.6. The van der Waals surface area contributed by atoms with Crippen molar-refractivity contribution in [3.8, 4) is 0 Å². The van der Waals surface area contributed by atoms with Crippen LogP contribution in [0.5, 0.6) is 0 Å². The highest BCUT2D eigenvalue weighted by molar-refractivity contribution is 7.90. The average Bonchev–Trinajstić information content (AvgIpc) is 3.10. The van der Waals surface area contributed by atoms with Crippen LogP contribution in [0, 0.1) is 0 Å². The molecule has 4 rings (SSSR count). The maximum Gasteiger partial charge on any atom is 0.422 e. The molecule has 180 valence electrons. The molecule has 1 unspecified atom stereocenters. The van der Waals surface area contributed by atoms with Crippen LogP contribution in [0.2, 0.25) is 0 Å². The van der Waals surface area contributed by atoms with Crippen LogP contribution in [0.4, 0.5) is 15.3 Å². The number of nitrogens with zero attached hydrogens (tertiary/aromatic N) is 3. The number of benzene rings is 1. The van der Waals surface area contributed by atoms with Gasteiger partial charge in [0, 0.05) is 32.4 Å². The van der Waals surface area contributed by atoms with E-state index in [-0.39, 0.29) is 29.3 Å². The number of morpholine rings is 1. The zero-order valence-electron chi connectivity index (χ0n) is 18.3. The van der Waals surface area contributed by atoms with Gasteiger partial charge < -0.3 is 24.0 Å². The summed E-state index contributed by atoms with van der Waals surface area (Å²) in [5.41, 5.74) is 0.231. The molecule has 3 fully saturated rings. The van der Waals surface area contributed by atoms with Crippen molar-refractivity contribution in [2.24, 2.45) is 0 Å². The van der Waals surface area contributed by atoms with Crippen molar-refractivity contribution in [1.29, 1.82) is 0 Å². The maximum absolute atomic E-state index is 12.7. The van der Waals surface area contributed by atoms with Crippen LogP contribution in [-0.4, -0.2) is 101 Å². The van der Waals surface area contributed by atoms with Crippen molar-refractivity contribution in [3.05, 3.63) is 24.3 Å². The van der Waals surface area contributed by atoms with E-state index in [9.17, 15) is 22.8 Å². The van der Waals surface area contributed by atoms with E-state index in [1.807, 2.05) is 0 Å². The first-order valence-electron chi connectivity index (χ1n) is 10.8. The van der Waals surface area contributed by atoms with Crippen LogP contribution < -0.4 is 4.90 Å². The van der Waals surface area contributed by atoms with E-state index in [0.717, 1.165) is 11.2 Å². The van der Waals surface area contributed by atoms with Gasteiger partial charge in [-0.05, 0) is 37.1 Å². The number of sulfone groups is 1. The molecule has 3 aliphatic rings. The molecule has 3 heterocycles. The van der Waals surface area contributed by atoms with Gasteiger partial charge in [0.15, 0.2) is 9.84 Å². The maximum atomic E-state index is 12.7. The Morgan fingerprint density at radius 3 is 2.24 bits per heavy atom. The molecule has 33 heavy (non-hydrogen) atoms. The van der Waals surface area contributed by atoms with E-state index in [4.69, 9.17) is 14.2 Å². The number of carbonyl (C=O) groups is 3. The fourth-order valence-corrected chi connectivity index (χ4v) is 4.66. The Morgan fingerprint density at radius 2 is 1.64 bits per heavy atom. The fourth-order valence-electron chi connectivity index (χ4n) is 4.03. The molecule has 0 aliphatic carbocycles. The van der Waals surface area contributed by atoms with Gasteiger partial charge in [0.05, 0.1) is 36.5 Å². The normalized spacial score (nSPS) is 22.6. The Hall–Kier alpha value is -2.70. The van der Waals surface area contributed by atoms with Crippen LogP contribution in [0.25, 0.3) is 0 Å². The number of carbonyl (C=O) groups excluding carboxylic acids is 3. The lowest BCUT2D eigenvalue weighted by Gasteiger charge is -2.37. The van der Waals surface area contributed by atoms with Crippen molar-refractivity contribution in [2.45, 2.75) is 29.9 Å². The number of amides is 4. The topological polar surface area (TPSA) is 123 Å². The van der Waals surface area contributed by atoms with Gasteiger partial charge in [-0.25, -0.2) is 22.9 Å². The second-order valence-corrected chi connectivity index (χ2v) is 10.2. The third-order valence-corrected chi connectivity index (χ3v) is 7.05. The second kappa shape index (κ2) is 9.65. The Morgan fingerprint density at radius 1 is 1.03 bits per heavy atom. The highest BCUT2D eigenvalue weighted by atomic mass is 32.2. The number of ether oxygens (including phenoxy) is 3. The average molecular weight is 482 g/mol. The van der Waals surface area contributed by atoms with E-state index in [2.05, 4.69) is 0 Å². The second-order valence-electron chi connectivity index (χ2n) is 8.21. The van der Waals surface area contributed by atoms with Crippen molar-refractivity contribution < 1.29 is 37.0 Å². The molecule has 0 radical (unpaired) electrons. The van der Waals surface area contributed by atoms with Gasteiger partial charge in [-0.15, -0.1) is 0 Å². The summed E-state index contributed by atoms with van der Waals surface area (Å²) >= 11 is 0. The molecule has 3 saturated heterocycles. The molecule has 4 amide bonds. The lowest BCUT2D eigenvalue weighted by atomic mass is 10.1. The Balaban J connectivity index is 1.27. The molecular formula is C21H27N3O8S. The van der Waals surface area contributed by atoms with E-state index in [1.165, 1.54) is 24.3 Å². The van der Waals surface area contributed by atoms with Crippen LogP contribution in [-0.2, 0) is 28.8 Å². The third kappa shape index (κ3) is 5.28.